The zero-order chi connectivity index (χ0) is 7.56. The van der Waals surface area contributed by atoms with Crippen LogP contribution in [-0.4, -0.2) is 24.4 Å². The minimum Gasteiger partial charge on any atom is -0.290 e. The molecule has 0 aromatic rings. The van der Waals surface area contributed by atoms with Crippen LogP contribution in [0.3, 0.4) is 0 Å². The molecule has 1 heterocycles. The van der Waals surface area contributed by atoms with Crippen molar-refractivity contribution in [3.05, 3.63) is 0 Å². The molecule has 0 atom stereocenters. The third-order valence-electron chi connectivity index (χ3n) is 1.28. The molecule has 0 bridgehead atoms. The van der Waals surface area contributed by atoms with Gasteiger partial charge in [0.15, 0.2) is 5.84 Å². The number of carbonyl (C=O) groups is 1. The average molecular weight is 138 g/mol. The van der Waals surface area contributed by atoms with E-state index in [2.05, 4.69) is 9.98 Å². The zero-order valence-electron chi connectivity index (χ0n) is 6.16. The van der Waals surface area contributed by atoms with E-state index >= 15 is 0 Å². The van der Waals surface area contributed by atoms with E-state index in [1.807, 2.05) is 13.8 Å². The van der Waals surface area contributed by atoms with Gasteiger partial charge in [-0.3, -0.25) is 9.79 Å². The SMILES string of the molecule is CC(C)C(=O)C1=NCC=N1. The van der Waals surface area contributed by atoms with E-state index in [4.69, 9.17) is 0 Å². The second-order valence-electron chi connectivity index (χ2n) is 2.49. The summed E-state index contributed by atoms with van der Waals surface area (Å²) in [5.74, 6) is 0.428. The Morgan fingerprint density at radius 3 is 2.80 bits per heavy atom. The van der Waals surface area contributed by atoms with Gasteiger partial charge in [0, 0.05) is 12.1 Å². The highest BCUT2D eigenvalue weighted by Gasteiger charge is 2.15. The Hall–Kier alpha value is -0.990. The number of amidine groups is 1. The maximum atomic E-state index is 11.1. The maximum absolute atomic E-state index is 11.1. The van der Waals surface area contributed by atoms with Gasteiger partial charge in [-0.2, -0.15) is 0 Å². The number of carbonyl (C=O) groups excluding carboxylic acids is 1. The molecule has 54 valence electrons. The third kappa shape index (κ3) is 1.29. The molecule has 0 spiro atoms. The fraction of sp³-hybridized carbons (Fsp3) is 0.571. The Morgan fingerprint density at radius 1 is 1.70 bits per heavy atom. The molecule has 1 aliphatic rings. The fourth-order valence-corrected chi connectivity index (χ4v) is 0.695. The van der Waals surface area contributed by atoms with Crippen LogP contribution in [0.25, 0.3) is 0 Å². The topological polar surface area (TPSA) is 41.8 Å². The predicted octanol–water partition coefficient (Wildman–Crippen LogP) is 0.694. The number of hydrogen-bond donors (Lipinski definition) is 0. The third-order valence-corrected chi connectivity index (χ3v) is 1.28. The lowest BCUT2D eigenvalue weighted by atomic mass is 10.1. The Morgan fingerprint density at radius 2 is 2.40 bits per heavy atom. The monoisotopic (exact) mass is 138 g/mol. The molecule has 10 heavy (non-hydrogen) atoms. The average Bonchev–Trinajstić information content (AvgIpc) is 2.36. The fourth-order valence-electron chi connectivity index (χ4n) is 0.695. The molecule has 0 aromatic heterocycles. The Bertz CT molecular complexity index is 204. The summed E-state index contributed by atoms with van der Waals surface area (Å²) in [6.07, 6.45) is 1.65. The highest BCUT2D eigenvalue weighted by molar-refractivity contribution is 6.41. The summed E-state index contributed by atoms with van der Waals surface area (Å²) >= 11 is 0. The van der Waals surface area contributed by atoms with Crippen LogP contribution in [0.4, 0.5) is 0 Å². The van der Waals surface area contributed by atoms with Gasteiger partial charge < -0.3 is 0 Å². The Balaban J connectivity index is 2.66. The Labute approximate surface area is 59.9 Å². The summed E-state index contributed by atoms with van der Waals surface area (Å²) in [6.45, 7) is 4.26. The summed E-state index contributed by atoms with van der Waals surface area (Å²) in [6, 6.07) is 0. The second kappa shape index (κ2) is 2.73. The molecule has 0 saturated carbocycles. The van der Waals surface area contributed by atoms with Gasteiger partial charge in [0.05, 0.1) is 6.54 Å². The van der Waals surface area contributed by atoms with E-state index < -0.39 is 0 Å². The molecule has 0 unspecified atom stereocenters. The first-order valence-corrected chi connectivity index (χ1v) is 3.33. The van der Waals surface area contributed by atoms with Crippen molar-refractivity contribution in [2.24, 2.45) is 15.9 Å². The first-order valence-electron chi connectivity index (χ1n) is 3.33. The van der Waals surface area contributed by atoms with Gasteiger partial charge >= 0.3 is 0 Å². The normalized spacial score (nSPS) is 16.1. The van der Waals surface area contributed by atoms with Crippen molar-refractivity contribution in [3.63, 3.8) is 0 Å². The van der Waals surface area contributed by atoms with Crippen molar-refractivity contribution >= 4 is 17.8 Å². The first kappa shape index (κ1) is 7.12. The summed E-state index contributed by atoms with van der Waals surface area (Å²) in [7, 11) is 0. The number of nitrogens with zero attached hydrogens (tertiary/aromatic N) is 2. The number of hydrogen-bond acceptors (Lipinski definition) is 3. The van der Waals surface area contributed by atoms with Crippen molar-refractivity contribution in [3.8, 4) is 0 Å². The molecule has 0 aliphatic carbocycles. The van der Waals surface area contributed by atoms with Crippen LogP contribution in [0.15, 0.2) is 9.98 Å². The van der Waals surface area contributed by atoms with Crippen LogP contribution in [0.1, 0.15) is 13.8 Å². The van der Waals surface area contributed by atoms with Gasteiger partial charge in [-0.05, 0) is 0 Å². The molecule has 0 N–H and O–H groups in total. The molecule has 1 aliphatic heterocycles. The van der Waals surface area contributed by atoms with Crippen LogP contribution in [0, 0.1) is 5.92 Å². The molecule has 3 heteroatoms. The lowest BCUT2D eigenvalue weighted by Gasteiger charge is -1.98. The van der Waals surface area contributed by atoms with Crippen molar-refractivity contribution in [1.29, 1.82) is 0 Å². The molecule has 0 radical (unpaired) electrons. The van der Waals surface area contributed by atoms with Gasteiger partial charge in [0.25, 0.3) is 0 Å². The largest absolute Gasteiger partial charge is 0.290 e. The number of Topliss-reactive ketones (excluding diaryl/α,β-unsaturated/α-hetero) is 1. The van der Waals surface area contributed by atoms with Crippen molar-refractivity contribution in [2.45, 2.75) is 13.8 Å². The van der Waals surface area contributed by atoms with Gasteiger partial charge in [0.2, 0.25) is 5.78 Å². The molecule has 1 rings (SSSR count). The van der Waals surface area contributed by atoms with Crippen molar-refractivity contribution in [1.82, 2.24) is 0 Å². The maximum Gasteiger partial charge on any atom is 0.202 e. The molecule has 0 fully saturated rings. The minimum atomic E-state index is 0.00833. The van der Waals surface area contributed by atoms with Crippen LogP contribution in [-0.2, 0) is 4.79 Å². The first-order chi connectivity index (χ1) is 4.72. The zero-order valence-corrected chi connectivity index (χ0v) is 6.16. The van der Waals surface area contributed by atoms with E-state index in [-0.39, 0.29) is 11.7 Å². The molecule has 3 nitrogen and oxygen atoms in total. The van der Waals surface area contributed by atoms with Crippen molar-refractivity contribution in [2.75, 3.05) is 6.54 Å². The van der Waals surface area contributed by atoms with Crippen molar-refractivity contribution < 1.29 is 4.79 Å². The smallest absolute Gasteiger partial charge is 0.202 e. The quantitative estimate of drug-likeness (QED) is 0.553. The standard InChI is InChI=1S/C7H10N2O/c1-5(2)6(10)7-8-3-4-9-7/h3,5H,4H2,1-2H3. The van der Waals surface area contributed by atoms with Crippen LogP contribution in [0.2, 0.25) is 0 Å². The molecule has 0 amide bonds. The van der Waals surface area contributed by atoms with Gasteiger partial charge in [-0.1, -0.05) is 13.8 Å². The van der Waals surface area contributed by atoms with Gasteiger partial charge in [0.1, 0.15) is 0 Å². The lowest BCUT2D eigenvalue weighted by Crippen LogP contribution is -2.16. The number of rotatable bonds is 2. The van der Waals surface area contributed by atoms with E-state index in [9.17, 15) is 4.79 Å². The molecule has 0 saturated heterocycles. The lowest BCUT2D eigenvalue weighted by molar-refractivity contribution is -0.115. The number of aliphatic imine (C=N–C) groups is 2. The summed E-state index contributed by atoms with van der Waals surface area (Å²) in [4.78, 5) is 18.8. The van der Waals surface area contributed by atoms with Crippen LogP contribution >= 0.6 is 0 Å². The van der Waals surface area contributed by atoms with E-state index in [0.29, 0.717) is 12.4 Å². The summed E-state index contributed by atoms with van der Waals surface area (Å²) < 4.78 is 0. The molecular weight excluding hydrogens is 128 g/mol. The summed E-state index contributed by atoms with van der Waals surface area (Å²) in [5, 5.41) is 0. The highest BCUT2D eigenvalue weighted by atomic mass is 16.1. The van der Waals surface area contributed by atoms with Gasteiger partial charge in [-0.15, -0.1) is 0 Å². The minimum absolute atomic E-state index is 0.00833. The van der Waals surface area contributed by atoms with Crippen LogP contribution in [0.5, 0.6) is 0 Å². The number of ketones is 1. The van der Waals surface area contributed by atoms with Gasteiger partial charge in [-0.25, -0.2) is 4.99 Å². The van der Waals surface area contributed by atoms with E-state index in [1.165, 1.54) is 0 Å². The van der Waals surface area contributed by atoms with Crippen LogP contribution < -0.4 is 0 Å². The molecular formula is C7H10N2O. The highest BCUT2D eigenvalue weighted by Crippen LogP contribution is 2.00. The predicted molar refractivity (Wildman–Crippen MR) is 40.6 cm³/mol. The summed E-state index contributed by atoms with van der Waals surface area (Å²) in [5.41, 5.74) is 0. The Kier molecular flexibility index (Phi) is 1.94. The molecule has 0 aromatic carbocycles. The van der Waals surface area contributed by atoms with E-state index in [0.717, 1.165) is 0 Å². The second-order valence-corrected chi connectivity index (χ2v) is 2.49. The van der Waals surface area contributed by atoms with E-state index in [1.54, 1.807) is 6.21 Å².